The Labute approximate surface area is 141 Å². The Bertz CT molecular complexity index is 747. The van der Waals surface area contributed by atoms with Gasteiger partial charge in [0, 0.05) is 5.25 Å². The van der Waals surface area contributed by atoms with Crippen LogP contribution in [0.3, 0.4) is 0 Å². The van der Waals surface area contributed by atoms with Gasteiger partial charge in [-0.25, -0.2) is 9.97 Å². The number of aromatic nitrogens is 2. The van der Waals surface area contributed by atoms with Gasteiger partial charge in [-0.3, -0.25) is 0 Å². The van der Waals surface area contributed by atoms with Crippen LogP contribution in [-0.4, -0.2) is 22.3 Å². The highest BCUT2D eigenvalue weighted by atomic mass is 32.2. The van der Waals surface area contributed by atoms with Gasteiger partial charge in [0.2, 0.25) is 0 Å². The molecule has 2 aliphatic rings. The summed E-state index contributed by atoms with van der Waals surface area (Å²) in [6, 6.07) is 0. The molecule has 4 nitrogen and oxygen atoms in total. The Morgan fingerprint density at radius 2 is 2.22 bits per heavy atom. The summed E-state index contributed by atoms with van der Waals surface area (Å²) in [7, 11) is 1.69. The number of thioether (sulfide) groups is 1. The third kappa shape index (κ3) is 3.06. The van der Waals surface area contributed by atoms with Gasteiger partial charge >= 0.3 is 0 Å². The zero-order valence-corrected chi connectivity index (χ0v) is 14.5. The summed E-state index contributed by atoms with van der Waals surface area (Å²) in [5.74, 6) is 1.50. The highest BCUT2D eigenvalue weighted by Gasteiger charge is 2.33. The molecule has 3 rings (SSSR count). The van der Waals surface area contributed by atoms with Crippen LogP contribution in [0, 0.1) is 0 Å². The number of allylic oxidation sites excluding steroid dienone is 7. The van der Waals surface area contributed by atoms with Crippen molar-refractivity contribution in [3.63, 3.8) is 0 Å². The van der Waals surface area contributed by atoms with Gasteiger partial charge in [-0.15, -0.1) is 11.8 Å². The van der Waals surface area contributed by atoms with E-state index in [0.29, 0.717) is 11.1 Å². The molecule has 0 saturated carbocycles. The molecule has 23 heavy (non-hydrogen) atoms. The first-order valence-electron chi connectivity index (χ1n) is 7.74. The van der Waals surface area contributed by atoms with Gasteiger partial charge in [0.15, 0.2) is 0 Å². The van der Waals surface area contributed by atoms with Crippen LogP contribution >= 0.6 is 11.8 Å². The normalized spacial score (nSPS) is 20.6. The van der Waals surface area contributed by atoms with Crippen LogP contribution < -0.4 is 5.73 Å². The quantitative estimate of drug-likeness (QED) is 0.665. The van der Waals surface area contributed by atoms with Crippen LogP contribution in [-0.2, 0) is 4.74 Å². The molecule has 0 spiro atoms. The molecule has 120 valence electrons. The van der Waals surface area contributed by atoms with Gasteiger partial charge in [-0.05, 0) is 42.6 Å². The highest BCUT2D eigenvalue weighted by Crippen LogP contribution is 2.50. The van der Waals surface area contributed by atoms with E-state index >= 15 is 0 Å². The average molecular weight is 327 g/mol. The topological polar surface area (TPSA) is 61.0 Å². The number of nitrogen functional groups attached to an aromatic ring is 1. The number of hydrogen-bond donors (Lipinski definition) is 1. The van der Waals surface area contributed by atoms with E-state index in [0.717, 1.165) is 29.2 Å². The van der Waals surface area contributed by atoms with Crippen molar-refractivity contribution >= 4 is 23.2 Å². The third-order valence-corrected chi connectivity index (χ3v) is 5.56. The number of rotatable bonds is 4. The third-order valence-electron chi connectivity index (χ3n) is 4.22. The van der Waals surface area contributed by atoms with E-state index < -0.39 is 0 Å². The van der Waals surface area contributed by atoms with E-state index in [2.05, 4.69) is 35.1 Å². The van der Waals surface area contributed by atoms with E-state index in [4.69, 9.17) is 10.5 Å². The lowest BCUT2D eigenvalue weighted by Gasteiger charge is -2.19. The van der Waals surface area contributed by atoms with Crippen molar-refractivity contribution in [1.29, 1.82) is 0 Å². The fourth-order valence-electron chi connectivity index (χ4n) is 2.84. The van der Waals surface area contributed by atoms with Crippen LogP contribution in [0.5, 0.6) is 0 Å². The number of anilines is 1. The molecule has 1 aromatic heterocycles. The van der Waals surface area contributed by atoms with Crippen LogP contribution in [0.1, 0.15) is 32.4 Å². The Hall–Kier alpha value is -2.01. The molecule has 2 N–H and O–H groups in total. The number of ether oxygens (including phenoxy) is 1. The van der Waals surface area contributed by atoms with Gasteiger partial charge in [-0.1, -0.05) is 25.2 Å². The molecule has 1 aromatic rings. The largest absolute Gasteiger partial charge is 0.501 e. The zero-order chi connectivity index (χ0) is 16.4. The molecular formula is C18H21N3OS. The minimum atomic E-state index is 0.381. The molecule has 0 fully saturated rings. The molecule has 2 heterocycles. The number of nitrogens with two attached hydrogens (primary N) is 1. The van der Waals surface area contributed by atoms with Gasteiger partial charge < -0.3 is 10.5 Å². The number of methoxy groups -OCH3 is 1. The molecule has 0 aromatic carbocycles. The highest BCUT2D eigenvalue weighted by molar-refractivity contribution is 8.01. The summed E-state index contributed by atoms with van der Waals surface area (Å²) >= 11 is 1.78. The van der Waals surface area contributed by atoms with E-state index in [1.807, 2.05) is 13.0 Å². The minimum Gasteiger partial charge on any atom is -0.501 e. The SMILES string of the molecule is CCC(=CC=C(C)OC)C1=CC=C2c3ncnc(N)c3SC2C1. The van der Waals surface area contributed by atoms with Crippen LogP contribution in [0.4, 0.5) is 5.82 Å². The first-order valence-corrected chi connectivity index (χ1v) is 8.62. The average Bonchev–Trinajstić information content (AvgIpc) is 2.94. The fraction of sp³-hybridized carbons (Fsp3) is 0.333. The lowest BCUT2D eigenvalue weighted by Crippen LogP contribution is -2.07. The number of hydrogen-bond acceptors (Lipinski definition) is 5. The van der Waals surface area contributed by atoms with Crippen LogP contribution in [0.2, 0.25) is 0 Å². The van der Waals surface area contributed by atoms with Gasteiger partial charge in [0.1, 0.15) is 12.1 Å². The summed E-state index contributed by atoms with van der Waals surface area (Å²) in [6.07, 6.45) is 12.1. The van der Waals surface area contributed by atoms with Gasteiger partial charge in [-0.2, -0.15) is 0 Å². The van der Waals surface area contributed by atoms with E-state index in [1.165, 1.54) is 16.7 Å². The molecule has 1 unspecified atom stereocenters. The van der Waals surface area contributed by atoms with Crippen molar-refractivity contribution in [2.24, 2.45) is 0 Å². The number of nitrogens with zero attached hydrogens (tertiary/aromatic N) is 2. The monoisotopic (exact) mass is 327 g/mol. The Kier molecular flexibility index (Phi) is 4.57. The zero-order valence-electron chi connectivity index (χ0n) is 13.7. The second-order valence-electron chi connectivity index (χ2n) is 5.59. The Morgan fingerprint density at radius 1 is 1.39 bits per heavy atom. The molecule has 5 heteroatoms. The van der Waals surface area contributed by atoms with Crippen molar-refractivity contribution in [3.8, 4) is 0 Å². The van der Waals surface area contributed by atoms with Crippen LogP contribution in [0.15, 0.2) is 52.4 Å². The standard InChI is InChI=1S/C18H21N3OS/c1-4-12(6-5-11(2)22-3)13-7-8-14-15(9-13)23-17-16(14)20-10-21-18(17)19/h5-8,10,15H,4,9H2,1-3H3,(H2,19,20,21). The van der Waals surface area contributed by atoms with Crippen molar-refractivity contribution in [3.05, 3.63) is 53.2 Å². The summed E-state index contributed by atoms with van der Waals surface area (Å²) in [5.41, 5.74) is 11.0. The maximum absolute atomic E-state index is 5.99. The summed E-state index contributed by atoms with van der Waals surface area (Å²) in [6.45, 7) is 4.14. The fourth-order valence-corrected chi connectivity index (χ4v) is 4.16. The minimum absolute atomic E-state index is 0.381. The molecular weight excluding hydrogens is 306 g/mol. The maximum atomic E-state index is 5.99. The van der Waals surface area contributed by atoms with E-state index in [1.54, 1.807) is 25.2 Å². The first kappa shape index (κ1) is 15.9. The molecule has 1 aliphatic carbocycles. The molecule has 1 atom stereocenters. The second-order valence-corrected chi connectivity index (χ2v) is 6.80. The van der Waals surface area contributed by atoms with E-state index in [-0.39, 0.29) is 0 Å². The Morgan fingerprint density at radius 3 is 2.96 bits per heavy atom. The molecule has 0 bridgehead atoms. The van der Waals surface area contributed by atoms with Crippen LogP contribution in [0.25, 0.3) is 5.57 Å². The van der Waals surface area contributed by atoms with Crippen molar-refractivity contribution < 1.29 is 4.74 Å². The van der Waals surface area contributed by atoms with Crippen molar-refractivity contribution in [2.45, 2.75) is 36.8 Å². The van der Waals surface area contributed by atoms with Gasteiger partial charge in [0.05, 0.1) is 23.5 Å². The maximum Gasteiger partial charge on any atom is 0.141 e. The lowest BCUT2D eigenvalue weighted by molar-refractivity contribution is 0.294. The number of fused-ring (bicyclic) bond motifs is 3. The predicted octanol–water partition coefficient (Wildman–Crippen LogP) is 4.13. The molecule has 0 radical (unpaired) electrons. The van der Waals surface area contributed by atoms with Gasteiger partial charge in [0.25, 0.3) is 0 Å². The van der Waals surface area contributed by atoms with Crippen molar-refractivity contribution in [2.75, 3.05) is 12.8 Å². The molecule has 0 amide bonds. The second kappa shape index (κ2) is 6.62. The van der Waals surface area contributed by atoms with Crippen molar-refractivity contribution in [1.82, 2.24) is 9.97 Å². The lowest BCUT2D eigenvalue weighted by atomic mass is 9.90. The smallest absolute Gasteiger partial charge is 0.141 e. The van der Waals surface area contributed by atoms with E-state index in [9.17, 15) is 0 Å². The molecule has 1 aliphatic heterocycles. The predicted molar refractivity (Wildman–Crippen MR) is 95.9 cm³/mol. The molecule has 0 saturated heterocycles. The summed E-state index contributed by atoms with van der Waals surface area (Å²) < 4.78 is 5.21. The summed E-state index contributed by atoms with van der Waals surface area (Å²) in [4.78, 5) is 9.54. The first-order chi connectivity index (χ1) is 11.1. The summed E-state index contributed by atoms with van der Waals surface area (Å²) in [5, 5.41) is 0.381. The Balaban J connectivity index is 1.90.